The highest BCUT2D eigenvalue weighted by molar-refractivity contribution is 5.31. The number of ether oxygens (including phenoxy) is 1. The van der Waals surface area contributed by atoms with Crippen LogP contribution in [0.25, 0.3) is 0 Å². The van der Waals surface area contributed by atoms with Gasteiger partial charge in [-0.2, -0.15) is 5.26 Å². The molecule has 1 N–H and O–H groups in total. The Morgan fingerprint density at radius 2 is 1.70 bits per heavy atom. The van der Waals surface area contributed by atoms with Gasteiger partial charge in [0.05, 0.1) is 6.07 Å². The number of nitrogens with zero attached hydrogens (tertiary/aromatic N) is 1. The minimum atomic E-state index is -0.279. The quantitative estimate of drug-likeness (QED) is 0.874. The Hall–Kier alpha value is -2.31. The van der Waals surface area contributed by atoms with Crippen molar-refractivity contribution in [2.45, 2.75) is 12.5 Å². The van der Waals surface area contributed by atoms with E-state index in [9.17, 15) is 0 Å². The standard InChI is InChI=1S/C17H18N2O/c1-19-16(12-18)13-20-17-9-7-15(8-10-17)11-14-5-3-2-4-6-14/h2-10,16,19H,11,13H2,1H3. The van der Waals surface area contributed by atoms with E-state index in [4.69, 9.17) is 10.00 Å². The van der Waals surface area contributed by atoms with E-state index in [1.54, 1.807) is 7.05 Å². The van der Waals surface area contributed by atoms with E-state index in [-0.39, 0.29) is 6.04 Å². The number of nitrogens with one attached hydrogen (secondary N) is 1. The molecule has 0 aromatic heterocycles. The predicted molar refractivity (Wildman–Crippen MR) is 79.6 cm³/mol. The molecule has 2 aromatic carbocycles. The summed E-state index contributed by atoms with van der Waals surface area (Å²) in [5, 5.41) is 11.7. The van der Waals surface area contributed by atoms with E-state index in [1.807, 2.05) is 30.3 Å². The second-order valence-corrected chi connectivity index (χ2v) is 4.59. The van der Waals surface area contributed by atoms with Crippen LogP contribution < -0.4 is 10.1 Å². The highest BCUT2D eigenvalue weighted by Gasteiger charge is 2.04. The van der Waals surface area contributed by atoms with Crippen molar-refractivity contribution < 1.29 is 4.74 Å². The molecule has 0 aliphatic heterocycles. The van der Waals surface area contributed by atoms with Gasteiger partial charge in [0.1, 0.15) is 18.4 Å². The van der Waals surface area contributed by atoms with Gasteiger partial charge >= 0.3 is 0 Å². The summed E-state index contributed by atoms with van der Waals surface area (Å²) >= 11 is 0. The maximum Gasteiger partial charge on any atom is 0.129 e. The molecule has 1 atom stereocenters. The van der Waals surface area contributed by atoms with Crippen molar-refractivity contribution >= 4 is 0 Å². The van der Waals surface area contributed by atoms with E-state index in [0.717, 1.165) is 12.2 Å². The van der Waals surface area contributed by atoms with E-state index in [0.29, 0.717) is 6.61 Å². The van der Waals surface area contributed by atoms with E-state index in [1.165, 1.54) is 11.1 Å². The summed E-state index contributed by atoms with van der Waals surface area (Å²) in [6.45, 7) is 0.352. The van der Waals surface area contributed by atoms with Crippen molar-refractivity contribution in [3.8, 4) is 11.8 Å². The molecule has 1 unspecified atom stereocenters. The van der Waals surface area contributed by atoms with Crippen molar-refractivity contribution in [3.63, 3.8) is 0 Å². The van der Waals surface area contributed by atoms with Gasteiger partial charge in [0.2, 0.25) is 0 Å². The van der Waals surface area contributed by atoms with Crippen LogP contribution >= 0.6 is 0 Å². The SMILES string of the molecule is CNC(C#N)COc1ccc(Cc2ccccc2)cc1. The van der Waals surface area contributed by atoms with Crippen LogP contribution in [-0.4, -0.2) is 19.7 Å². The van der Waals surface area contributed by atoms with Gasteiger partial charge in [-0.05, 0) is 36.7 Å². The first-order valence-corrected chi connectivity index (χ1v) is 6.64. The minimum absolute atomic E-state index is 0.279. The van der Waals surface area contributed by atoms with Crippen LogP contribution in [0.3, 0.4) is 0 Å². The molecule has 0 heterocycles. The van der Waals surface area contributed by atoms with Crippen LogP contribution in [0.15, 0.2) is 54.6 Å². The molecule has 0 aliphatic rings. The van der Waals surface area contributed by atoms with Gasteiger partial charge in [0.25, 0.3) is 0 Å². The van der Waals surface area contributed by atoms with Crippen molar-refractivity contribution in [1.29, 1.82) is 5.26 Å². The molecule has 0 saturated carbocycles. The predicted octanol–water partition coefficient (Wildman–Crippen LogP) is 2.77. The largest absolute Gasteiger partial charge is 0.491 e. The van der Waals surface area contributed by atoms with Crippen LogP contribution in [0, 0.1) is 11.3 Å². The molecule has 3 nitrogen and oxygen atoms in total. The van der Waals surface area contributed by atoms with Gasteiger partial charge in [-0.1, -0.05) is 42.5 Å². The third kappa shape index (κ3) is 4.11. The maximum atomic E-state index is 8.82. The summed E-state index contributed by atoms with van der Waals surface area (Å²) in [6, 6.07) is 20.2. The monoisotopic (exact) mass is 266 g/mol. The lowest BCUT2D eigenvalue weighted by Gasteiger charge is -2.10. The zero-order valence-electron chi connectivity index (χ0n) is 11.5. The molecule has 2 aromatic rings. The molecule has 0 saturated heterocycles. The van der Waals surface area contributed by atoms with Crippen LogP contribution in [-0.2, 0) is 6.42 Å². The number of nitriles is 1. The molecular formula is C17H18N2O. The zero-order chi connectivity index (χ0) is 14.2. The Morgan fingerprint density at radius 3 is 2.30 bits per heavy atom. The minimum Gasteiger partial charge on any atom is -0.491 e. The highest BCUT2D eigenvalue weighted by atomic mass is 16.5. The fraction of sp³-hybridized carbons (Fsp3) is 0.235. The van der Waals surface area contributed by atoms with E-state index < -0.39 is 0 Å². The molecule has 0 amide bonds. The van der Waals surface area contributed by atoms with Gasteiger partial charge < -0.3 is 10.1 Å². The molecule has 20 heavy (non-hydrogen) atoms. The number of rotatable bonds is 6. The third-order valence-corrected chi connectivity index (χ3v) is 3.10. The van der Waals surface area contributed by atoms with Crippen molar-refractivity contribution in [2.75, 3.05) is 13.7 Å². The Labute approximate surface area is 119 Å². The van der Waals surface area contributed by atoms with Crippen LogP contribution in [0.1, 0.15) is 11.1 Å². The Kier molecular flexibility index (Phi) is 5.16. The normalized spacial score (nSPS) is 11.6. The molecule has 0 bridgehead atoms. The first-order chi connectivity index (χ1) is 9.81. The van der Waals surface area contributed by atoms with Gasteiger partial charge in [-0.25, -0.2) is 0 Å². The average Bonchev–Trinajstić information content (AvgIpc) is 2.51. The zero-order valence-corrected chi connectivity index (χ0v) is 11.5. The Morgan fingerprint density at radius 1 is 1.05 bits per heavy atom. The molecule has 0 radical (unpaired) electrons. The Balaban J connectivity index is 1.92. The van der Waals surface area contributed by atoms with E-state index in [2.05, 4.69) is 35.7 Å². The van der Waals surface area contributed by atoms with Crippen LogP contribution in [0.4, 0.5) is 0 Å². The number of hydrogen-bond acceptors (Lipinski definition) is 3. The fourth-order valence-electron chi connectivity index (χ4n) is 1.90. The van der Waals surface area contributed by atoms with Crippen LogP contribution in [0.5, 0.6) is 5.75 Å². The van der Waals surface area contributed by atoms with Crippen molar-refractivity contribution in [2.24, 2.45) is 0 Å². The molecule has 0 spiro atoms. The Bertz CT molecular complexity index is 558. The van der Waals surface area contributed by atoms with Crippen molar-refractivity contribution in [1.82, 2.24) is 5.32 Å². The van der Waals surface area contributed by atoms with Gasteiger partial charge in [0, 0.05) is 0 Å². The second-order valence-electron chi connectivity index (χ2n) is 4.59. The van der Waals surface area contributed by atoms with Crippen molar-refractivity contribution in [3.05, 3.63) is 65.7 Å². The van der Waals surface area contributed by atoms with Gasteiger partial charge in [0.15, 0.2) is 0 Å². The first kappa shape index (κ1) is 14.1. The van der Waals surface area contributed by atoms with Gasteiger partial charge in [-0.3, -0.25) is 0 Å². The molecule has 2 rings (SSSR count). The molecule has 0 aliphatic carbocycles. The van der Waals surface area contributed by atoms with E-state index >= 15 is 0 Å². The number of likely N-dealkylation sites (N-methyl/N-ethyl adjacent to an activating group) is 1. The van der Waals surface area contributed by atoms with Crippen LogP contribution in [0.2, 0.25) is 0 Å². The lowest BCUT2D eigenvalue weighted by molar-refractivity contribution is 0.295. The number of benzene rings is 2. The highest BCUT2D eigenvalue weighted by Crippen LogP contribution is 2.15. The lowest BCUT2D eigenvalue weighted by Crippen LogP contribution is -2.29. The summed E-state index contributed by atoms with van der Waals surface area (Å²) in [4.78, 5) is 0. The topological polar surface area (TPSA) is 45.0 Å². The maximum absolute atomic E-state index is 8.82. The lowest BCUT2D eigenvalue weighted by atomic mass is 10.1. The summed E-state index contributed by atoms with van der Waals surface area (Å²) in [7, 11) is 1.75. The molecule has 102 valence electrons. The summed E-state index contributed by atoms with van der Waals surface area (Å²) in [5.74, 6) is 0.789. The first-order valence-electron chi connectivity index (χ1n) is 6.64. The summed E-state index contributed by atoms with van der Waals surface area (Å²) in [6.07, 6.45) is 0.915. The second kappa shape index (κ2) is 7.32. The fourth-order valence-corrected chi connectivity index (χ4v) is 1.90. The average molecular weight is 266 g/mol. The molecule has 3 heteroatoms. The van der Waals surface area contributed by atoms with Gasteiger partial charge in [-0.15, -0.1) is 0 Å². The summed E-state index contributed by atoms with van der Waals surface area (Å²) < 4.78 is 5.57. The molecule has 0 fully saturated rings. The summed E-state index contributed by atoms with van der Waals surface area (Å²) in [5.41, 5.74) is 2.54. The molecular weight excluding hydrogens is 248 g/mol. The smallest absolute Gasteiger partial charge is 0.129 e. The third-order valence-electron chi connectivity index (χ3n) is 3.10. The number of hydrogen-bond donors (Lipinski definition) is 1.